The first-order valence-electron chi connectivity index (χ1n) is 7.09. The molecule has 2 aromatic carbocycles. The molecule has 0 spiro atoms. The van der Waals surface area contributed by atoms with Crippen LogP contribution < -0.4 is 4.74 Å². The molecule has 2 aromatic heterocycles. The number of ether oxygens (including phenoxy) is 1. The number of halogens is 1. The van der Waals surface area contributed by atoms with Crippen molar-refractivity contribution in [3.8, 4) is 22.2 Å². The molecule has 1 N–H and O–H groups in total. The number of H-pyrrole nitrogens is 1. The normalized spacial score (nSPS) is 10.5. The number of nitrogens with one attached hydrogen (secondary N) is 1. The van der Waals surface area contributed by atoms with Crippen LogP contribution in [0.5, 0.6) is 11.5 Å². The van der Waals surface area contributed by atoms with Gasteiger partial charge in [-0.15, -0.1) is 0 Å². The summed E-state index contributed by atoms with van der Waals surface area (Å²) in [6.45, 7) is 0. The molecular weight excluding hydrogens is 352 g/mol. The molecule has 0 unspecified atom stereocenters. The van der Waals surface area contributed by atoms with Crippen molar-refractivity contribution in [3.63, 3.8) is 0 Å². The van der Waals surface area contributed by atoms with Gasteiger partial charge < -0.3 is 9.72 Å². The number of aromatic nitrogens is 2. The van der Waals surface area contributed by atoms with Gasteiger partial charge in [0.05, 0.1) is 11.7 Å². The highest BCUT2D eigenvalue weighted by Crippen LogP contribution is 2.30. The molecule has 0 bridgehead atoms. The molecule has 110 valence electrons. The zero-order chi connectivity index (χ0) is 15.6. The van der Waals surface area contributed by atoms with E-state index < -0.39 is 0 Å². The molecule has 0 radical (unpaired) electrons. The summed E-state index contributed by atoms with van der Waals surface area (Å²) >= 11 is 3.11. The van der Waals surface area contributed by atoms with Crippen molar-refractivity contribution in [1.29, 1.82) is 0 Å². The molecule has 0 amide bonds. The summed E-state index contributed by atoms with van der Waals surface area (Å²) in [5.41, 5.74) is 2.76. The number of benzene rings is 2. The Labute approximate surface area is 141 Å². The number of fused-ring (bicyclic) bond motifs is 3. The second-order valence-electron chi connectivity index (χ2n) is 5.08. The zero-order valence-electron chi connectivity index (χ0n) is 12.0. The quantitative estimate of drug-likeness (QED) is 0.497. The van der Waals surface area contributed by atoms with Crippen LogP contribution in [0.15, 0.2) is 60.8 Å². The molecule has 0 aliphatic heterocycles. The van der Waals surface area contributed by atoms with Crippen molar-refractivity contribution in [3.05, 3.63) is 66.5 Å². The second kappa shape index (κ2) is 5.79. The lowest BCUT2D eigenvalue weighted by Crippen LogP contribution is -1.83. The molecule has 3 nitrogen and oxygen atoms in total. The maximum Gasteiger partial charge on any atom is 0.128 e. The lowest BCUT2D eigenvalue weighted by molar-refractivity contribution is 0.483. The van der Waals surface area contributed by atoms with Gasteiger partial charge in [0.1, 0.15) is 17.2 Å². The molecule has 0 aliphatic carbocycles. The highest BCUT2D eigenvalue weighted by Gasteiger charge is 2.07. The van der Waals surface area contributed by atoms with Gasteiger partial charge in [-0.3, -0.25) is 0 Å². The summed E-state index contributed by atoms with van der Waals surface area (Å²) in [5, 5.41) is 2.17. The highest BCUT2D eigenvalue weighted by atomic mass is 79.9. The summed E-state index contributed by atoms with van der Waals surface area (Å²) in [7, 11) is 0. The van der Waals surface area contributed by atoms with Crippen LogP contribution in [0.4, 0.5) is 0 Å². The minimum atomic E-state index is 0.727. The Morgan fingerprint density at radius 1 is 0.913 bits per heavy atom. The van der Waals surface area contributed by atoms with Crippen LogP contribution in [-0.2, 0) is 0 Å². The van der Waals surface area contributed by atoms with Crippen molar-refractivity contribution < 1.29 is 4.74 Å². The first kappa shape index (κ1) is 13.9. The van der Waals surface area contributed by atoms with Crippen molar-refractivity contribution in [2.45, 2.75) is 0 Å². The van der Waals surface area contributed by atoms with Gasteiger partial charge in [-0.25, -0.2) is 4.98 Å². The van der Waals surface area contributed by atoms with Gasteiger partial charge in [0.25, 0.3) is 0 Å². The number of hydrogen-bond donors (Lipinski definition) is 1. The Kier molecular flexibility index (Phi) is 3.49. The number of hydrogen-bond acceptors (Lipinski definition) is 2. The highest BCUT2D eigenvalue weighted by molar-refractivity contribution is 9.12. The van der Waals surface area contributed by atoms with Crippen LogP contribution in [0.3, 0.4) is 0 Å². The third-order valence-electron chi connectivity index (χ3n) is 3.61. The summed E-state index contributed by atoms with van der Waals surface area (Å²) in [6.07, 6.45) is 1.81. The van der Waals surface area contributed by atoms with E-state index in [0.717, 1.165) is 39.0 Å². The Balaban J connectivity index is 1.84. The fraction of sp³-hybridized carbons (Fsp3) is 0. The number of aromatic amines is 1. The molecule has 4 aromatic rings. The molecule has 0 atom stereocenters. The summed E-state index contributed by atoms with van der Waals surface area (Å²) in [6, 6.07) is 17.7. The van der Waals surface area contributed by atoms with Crippen molar-refractivity contribution in [1.82, 2.24) is 9.97 Å². The van der Waals surface area contributed by atoms with Crippen molar-refractivity contribution >= 4 is 37.7 Å². The van der Waals surface area contributed by atoms with E-state index in [2.05, 4.69) is 36.6 Å². The fourth-order valence-electron chi connectivity index (χ4n) is 2.58. The van der Waals surface area contributed by atoms with E-state index >= 15 is 0 Å². The van der Waals surface area contributed by atoms with E-state index in [4.69, 9.17) is 4.74 Å². The van der Waals surface area contributed by atoms with Gasteiger partial charge in [-0.05, 0) is 47.1 Å². The van der Waals surface area contributed by atoms with E-state index in [9.17, 15) is 0 Å². The minimum Gasteiger partial charge on any atom is -0.457 e. The fourth-order valence-corrected chi connectivity index (χ4v) is 2.79. The average Bonchev–Trinajstić information content (AvgIpc) is 2.94. The summed E-state index contributed by atoms with van der Waals surface area (Å²) < 4.78 is 5.92. The van der Waals surface area contributed by atoms with Crippen LogP contribution >= 0.6 is 15.9 Å². The molecular formula is C19H11BrN2O. The second-order valence-corrected chi connectivity index (χ2v) is 5.48. The van der Waals surface area contributed by atoms with Gasteiger partial charge in [-0.1, -0.05) is 18.2 Å². The third-order valence-corrected chi connectivity index (χ3v) is 3.81. The maximum absolute atomic E-state index is 5.92. The first-order chi connectivity index (χ1) is 11.3. The van der Waals surface area contributed by atoms with Gasteiger partial charge in [0.15, 0.2) is 0 Å². The van der Waals surface area contributed by atoms with Gasteiger partial charge in [0, 0.05) is 32.2 Å². The van der Waals surface area contributed by atoms with Crippen molar-refractivity contribution in [2.24, 2.45) is 0 Å². The van der Waals surface area contributed by atoms with Gasteiger partial charge in [0.2, 0.25) is 0 Å². The standard InChI is InChI=1S/C19H11BrN2O/c20-9-8-13-10-16-17-11-15(23-14-4-2-1-3-5-14)6-7-18(17)22-19(16)12-21-13/h1-7,10-12,22H. The predicted molar refractivity (Wildman–Crippen MR) is 95.9 cm³/mol. The number of rotatable bonds is 2. The number of para-hydroxylation sites is 1. The van der Waals surface area contributed by atoms with Crippen molar-refractivity contribution in [2.75, 3.05) is 0 Å². The third kappa shape index (κ3) is 2.67. The van der Waals surface area contributed by atoms with Crippen LogP contribution in [0.25, 0.3) is 21.8 Å². The average molecular weight is 363 g/mol. The molecule has 0 saturated carbocycles. The van der Waals surface area contributed by atoms with E-state index in [-0.39, 0.29) is 0 Å². The van der Waals surface area contributed by atoms with Crippen LogP contribution in [0.1, 0.15) is 5.69 Å². The molecule has 0 fully saturated rings. The smallest absolute Gasteiger partial charge is 0.128 e. The Bertz CT molecular complexity index is 1060. The van der Waals surface area contributed by atoms with E-state index in [1.807, 2.05) is 54.6 Å². The molecule has 0 aliphatic rings. The summed E-state index contributed by atoms with van der Waals surface area (Å²) in [4.78, 5) is 10.4. The molecule has 0 saturated heterocycles. The largest absolute Gasteiger partial charge is 0.457 e. The van der Waals surface area contributed by atoms with E-state index in [1.165, 1.54) is 0 Å². The van der Waals surface area contributed by atoms with Crippen LogP contribution in [0.2, 0.25) is 0 Å². The number of nitrogens with zero attached hydrogens (tertiary/aromatic N) is 1. The minimum absolute atomic E-state index is 0.727. The first-order valence-corrected chi connectivity index (χ1v) is 7.89. The molecule has 4 rings (SSSR count). The lowest BCUT2D eigenvalue weighted by Gasteiger charge is -2.05. The Hall–Kier alpha value is -2.77. The predicted octanol–water partition coefficient (Wildman–Crippen LogP) is 5.21. The van der Waals surface area contributed by atoms with Crippen LogP contribution in [0, 0.1) is 10.8 Å². The van der Waals surface area contributed by atoms with E-state index in [1.54, 1.807) is 6.20 Å². The number of pyridine rings is 1. The SMILES string of the molecule is BrC#Cc1cc2c(cn1)[nH]c1ccc(Oc3ccccc3)cc12. The van der Waals surface area contributed by atoms with Crippen LogP contribution in [-0.4, -0.2) is 9.97 Å². The lowest BCUT2D eigenvalue weighted by atomic mass is 10.1. The Morgan fingerprint density at radius 2 is 1.74 bits per heavy atom. The van der Waals surface area contributed by atoms with Gasteiger partial charge in [-0.2, -0.15) is 0 Å². The molecule has 4 heteroatoms. The molecule has 2 heterocycles. The molecule has 23 heavy (non-hydrogen) atoms. The maximum atomic E-state index is 5.92. The monoisotopic (exact) mass is 362 g/mol. The van der Waals surface area contributed by atoms with Gasteiger partial charge >= 0.3 is 0 Å². The van der Waals surface area contributed by atoms with E-state index in [0.29, 0.717) is 0 Å². The zero-order valence-corrected chi connectivity index (χ0v) is 13.6. The topological polar surface area (TPSA) is 37.9 Å². The Morgan fingerprint density at radius 3 is 2.57 bits per heavy atom. The summed E-state index contributed by atoms with van der Waals surface area (Å²) in [5.74, 6) is 4.54.